The van der Waals surface area contributed by atoms with Crippen LogP contribution in [-0.2, 0) is 16.8 Å². The molecule has 0 unspecified atom stereocenters. The number of ether oxygens (including phenoxy) is 1. The van der Waals surface area contributed by atoms with Gasteiger partial charge in [-0.25, -0.2) is 9.78 Å². The van der Waals surface area contributed by atoms with Crippen LogP contribution in [0.2, 0.25) is 0 Å². The van der Waals surface area contributed by atoms with E-state index in [1.165, 1.54) is 17.8 Å². The smallest absolute Gasteiger partial charge is 0.347 e. The lowest BCUT2D eigenvalue weighted by Crippen LogP contribution is -2.32. The molecule has 0 saturated heterocycles. The first-order chi connectivity index (χ1) is 9.63. The quantitative estimate of drug-likeness (QED) is 0.862. The van der Waals surface area contributed by atoms with E-state index in [0.29, 0.717) is 11.5 Å². The highest BCUT2D eigenvalue weighted by Crippen LogP contribution is 2.43. The Bertz CT molecular complexity index is 458. The zero-order chi connectivity index (χ0) is 14.6. The maximum atomic E-state index is 11.4. The molecular weight excluding hydrogens is 274 g/mol. The molecule has 1 saturated carbocycles. The van der Waals surface area contributed by atoms with Crippen LogP contribution >= 0.6 is 11.3 Å². The highest BCUT2D eigenvalue weighted by atomic mass is 32.1. The Morgan fingerprint density at radius 1 is 1.35 bits per heavy atom. The molecule has 0 atom stereocenters. The van der Waals surface area contributed by atoms with Crippen molar-refractivity contribution in [1.29, 1.82) is 0 Å². The lowest BCUT2D eigenvalue weighted by atomic mass is 9.85. The van der Waals surface area contributed by atoms with Crippen LogP contribution in [0.3, 0.4) is 0 Å². The molecule has 20 heavy (non-hydrogen) atoms. The molecule has 1 aromatic heterocycles. The number of carboxylic acid groups (broad SMARTS) is 1. The topological polar surface area (TPSA) is 59.4 Å². The number of carboxylic acids is 1. The Morgan fingerprint density at radius 2 is 2.05 bits per heavy atom. The van der Waals surface area contributed by atoms with E-state index in [4.69, 9.17) is 4.74 Å². The molecule has 1 N–H and O–H groups in total. The van der Waals surface area contributed by atoms with Crippen molar-refractivity contribution in [3.63, 3.8) is 0 Å². The first kappa shape index (κ1) is 15.4. The SMILES string of the molecule is CCCc1nc(C2(OCC)CCCCC2)sc1C(=O)O. The normalized spacial score (nSPS) is 18.1. The van der Waals surface area contributed by atoms with Crippen molar-refractivity contribution in [2.24, 2.45) is 0 Å². The largest absolute Gasteiger partial charge is 0.477 e. The van der Waals surface area contributed by atoms with Crippen LogP contribution in [0.1, 0.15) is 72.7 Å². The number of aryl methyl sites for hydroxylation is 1. The van der Waals surface area contributed by atoms with Gasteiger partial charge in [0.15, 0.2) is 0 Å². The van der Waals surface area contributed by atoms with E-state index in [-0.39, 0.29) is 5.60 Å². The zero-order valence-electron chi connectivity index (χ0n) is 12.3. The van der Waals surface area contributed by atoms with Gasteiger partial charge in [0.25, 0.3) is 0 Å². The second kappa shape index (κ2) is 6.68. The van der Waals surface area contributed by atoms with Gasteiger partial charge in [-0.3, -0.25) is 0 Å². The summed E-state index contributed by atoms with van der Waals surface area (Å²) in [4.78, 5) is 16.4. The van der Waals surface area contributed by atoms with E-state index in [0.717, 1.165) is 49.2 Å². The molecule has 0 amide bonds. The van der Waals surface area contributed by atoms with Gasteiger partial charge in [0.2, 0.25) is 0 Å². The van der Waals surface area contributed by atoms with Crippen molar-refractivity contribution in [3.8, 4) is 0 Å². The van der Waals surface area contributed by atoms with Crippen molar-refractivity contribution >= 4 is 17.3 Å². The van der Waals surface area contributed by atoms with E-state index in [2.05, 4.69) is 4.98 Å². The minimum atomic E-state index is -0.861. The molecule has 1 heterocycles. The van der Waals surface area contributed by atoms with E-state index in [1.807, 2.05) is 13.8 Å². The highest BCUT2D eigenvalue weighted by molar-refractivity contribution is 7.13. The van der Waals surface area contributed by atoms with Gasteiger partial charge in [0, 0.05) is 6.61 Å². The van der Waals surface area contributed by atoms with Crippen LogP contribution in [0.25, 0.3) is 0 Å². The summed E-state index contributed by atoms with van der Waals surface area (Å²) in [5.41, 5.74) is 0.387. The summed E-state index contributed by atoms with van der Waals surface area (Å²) in [5.74, 6) is -0.861. The van der Waals surface area contributed by atoms with Crippen LogP contribution in [0.4, 0.5) is 0 Å². The molecule has 1 aromatic rings. The maximum absolute atomic E-state index is 11.4. The number of nitrogens with zero attached hydrogens (tertiary/aromatic N) is 1. The number of rotatable bonds is 6. The van der Waals surface area contributed by atoms with Crippen molar-refractivity contribution in [3.05, 3.63) is 15.6 Å². The van der Waals surface area contributed by atoms with Crippen LogP contribution in [0.5, 0.6) is 0 Å². The molecule has 4 nitrogen and oxygen atoms in total. The Hall–Kier alpha value is -0.940. The average molecular weight is 297 g/mol. The molecular formula is C15H23NO3S. The first-order valence-corrected chi connectivity index (χ1v) is 8.32. The molecule has 5 heteroatoms. The van der Waals surface area contributed by atoms with Crippen molar-refractivity contribution in [2.45, 2.75) is 64.4 Å². The van der Waals surface area contributed by atoms with E-state index >= 15 is 0 Å². The third kappa shape index (κ3) is 3.04. The molecule has 0 aromatic carbocycles. The molecule has 1 fully saturated rings. The summed E-state index contributed by atoms with van der Waals surface area (Å²) >= 11 is 1.32. The van der Waals surface area contributed by atoms with Gasteiger partial charge in [-0.1, -0.05) is 32.6 Å². The summed E-state index contributed by atoms with van der Waals surface area (Å²) in [7, 11) is 0. The second-order valence-electron chi connectivity index (χ2n) is 5.34. The van der Waals surface area contributed by atoms with Crippen LogP contribution in [0, 0.1) is 0 Å². The number of aromatic nitrogens is 1. The van der Waals surface area contributed by atoms with E-state index in [1.54, 1.807) is 0 Å². The molecule has 112 valence electrons. The van der Waals surface area contributed by atoms with Crippen LogP contribution in [-0.4, -0.2) is 22.7 Å². The highest BCUT2D eigenvalue weighted by Gasteiger charge is 2.38. The van der Waals surface area contributed by atoms with Gasteiger partial charge in [-0.05, 0) is 26.2 Å². The molecule has 1 aliphatic carbocycles. The fourth-order valence-corrected chi connectivity index (χ4v) is 4.09. The third-order valence-corrected chi connectivity index (χ3v) is 5.12. The second-order valence-corrected chi connectivity index (χ2v) is 6.34. The van der Waals surface area contributed by atoms with Crippen LogP contribution in [0.15, 0.2) is 0 Å². The Balaban J connectivity index is 2.37. The summed E-state index contributed by atoms with van der Waals surface area (Å²) in [6.07, 6.45) is 7.04. The summed E-state index contributed by atoms with van der Waals surface area (Å²) in [5, 5.41) is 10.2. The maximum Gasteiger partial charge on any atom is 0.347 e. The predicted octanol–water partition coefficient (Wildman–Crippen LogP) is 3.99. The lowest BCUT2D eigenvalue weighted by Gasteiger charge is -2.35. The van der Waals surface area contributed by atoms with Crippen molar-refractivity contribution in [2.75, 3.05) is 6.61 Å². The fraction of sp³-hybridized carbons (Fsp3) is 0.733. The van der Waals surface area contributed by atoms with Gasteiger partial charge >= 0.3 is 5.97 Å². The van der Waals surface area contributed by atoms with Gasteiger partial charge in [0.05, 0.1) is 5.69 Å². The van der Waals surface area contributed by atoms with Crippen molar-refractivity contribution in [1.82, 2.24) is 4.98 Å². The van der Waals surface area contributed by atoms with Crippen LogP contribution < -0.4 is 0 Å². The minimum absolute atomic E-state index is 0.339. The first-order valence-electron chi connectivity index (χ1n) is 7.50. The monoisotopic (exact) mass is 297 g/mol. The predicted molar refractivity (Wildman–Crippen MR) is 79.5 cm³/mol. The standard InChI is InChI=1S/C15H23NO3S/c1-3-8-11-12(13(17)18)20-14(16-11)15(19-4-2)9-6-5-7-10-15/h3-10H2,1-2H3,(H,17,18). The Morgan fingerprint density at radius 3 is 2.60 bits per heavy atom. The lowest BCUT2D eigenvalue weighted by molar-refractivity contribution is -0.0705. The molecule has 0 aliphatic heterocycles. The van der Waals surface area contributed by atoms with E-state index in [9.17, 15) is 9.90 Å². The minimum Gasteiger partial charge on any atom is -0.477 e. The Labute approximate surface area is 124 Å². The number of hydrogen-bond acceptors (Lipinski definition) is 4. The summed E-state index contributed by atoms with van der Waals surface area (Å²) in [6.45, 7) is 4.68. The average Bonchev–Trinajstić information content (AvgIpc) is 2.85. The molecule has 0 radical (unpaired) electrons. The summed E-state index contributed by atoms with van der Waals surface area (Å²) in [6, 6.07) is 0. The summed E-state index contributed by atoms with van der Waals surface area (Å²) < 4.78 is 6.04. The zero-order valence-corrected chi connectivity index (χ0v) is 13.1. The number of aromatic carboxylic acids is 1. The molecule has 0 spiro atoms. The number of thiazole rings is 1. The van der Waals surface area contributed by atoms with Gasteiger partial charge < -0.3 is 9.84 Å². The van der Waals surface area contributed by atoms with E-state index < -0.39 is 5.97 Å². The third-order valence-electron chi connectivity index (χ3n) is 3.85. The Kier molecular flexibility index (Phi) is 5.16. The van der Waals surface area contributed by atoms with Gasteiger partial charge in [-0.15, -0.1) is 11.3 Å². The molecule has 1 aliphatic rings. The fourth-order valence-electron chi connectivity index (χ4n) is 2.94. The number of carbonyl (C=O) groups is 1. The van der Waals surface area contributed by atoms with Gasteiger partial charge in [-0.2, -0.15) is 0 Å². The molecule has 0 bridgehead atoms. The van der Waals surface area contributed by atoms with Crippen molar-refractivity contribution < 1.29 is 14.6 Å². The molecule has 2 rings (SSSR count). The van der Waals surface area contributed by atoms with Gasteiger partial charge in [0.1, 0.15) is 15.5 Å². The number of hydrogen-bond donors (Lipinski definition) is 1.